The summed E-state index contributed by atoms with van der Waals surface area (Å²) in [5.41, 5.74) is 1.00. The van der Waals surface area contributed by atoms with E-state index in [0.29, 0.717) is 16.8 Å². The minimum Gasteiger partial charge on any atom is -0.460 e. The minimum absolute atomic E-state index is 0.0844. The molecule has 1 fully saturated rings. The Hall–Kier alpha value is -3.81. The van der Waals surface area contributed by atoms with Gasteiger partial charge in [0.2, 0.25) is 0 Å². The molecular formula is C30H35N3O5. The van der Waals surface area contributed by atoms with E-state index in [2.05, 4.69) is 4.98 Å². The van der Waals surface area contributed by atoms with Crippen molar-refractivity contribution in [2.24, 2.45) is 5.92 Å². The van der Waals surface area contributed by atoms with Crippen molar-refractivity contribution in [3.8, 4) is 0 Å². The molecule has 38 heavy (non-hydrogen) atoms. The minimum atomic E-state index is -1.01. The number of nitrogens with zero attached hydrogens (tertiary/aromatic N) is 3. The summed E-state index contributed by atoms with van der Waals surface area (Å²) in [4.78, 5) is 51.4. The van der Waals surface area contributed by atoms with E-state index in [4.69, 9.17) is 14.5 Å². The third-order valence-corrected chi connectivity index (χ3v) is 6.25. The zero-order valence-electron chi connectivity index (χ0n) is 22.8. The van der Waals surface area contributed by atoms with E-state index in [1.54, 1.807) is 72.0 Å². The highest BCUT2D eigenvalue weighted by Crippen LogP contribution is 2.41. The molecule has 0 aliphatic carbocycles. The zero-order valence-corrected chi connectivity index (χ0v) is 22.8. The molecule has 200 valence electrons. The highest BCUT2D eigenvalue weighted by molar-refractivity contribution is 5.97. The van der Waals surface area contributed by atoms with Gasteiger partial charge in [0.1, 0.15) is 17.2 Å². The van der Waals surface area contributed by atoms with Crippen LogP contribution in [0.5, 0.6) is 0 Å². The molecule has 1 aromatic heterocycles. The Morgan fingerprint density at radius 1 is 0.868 bits per heavy atom. The van der Waals surface area contributed by atoms with E-state index in [1.807, 2.05) is 30.3 Å². The summed E-state index contributed by atoms with van der Waals surface area (Å²) in [5, 5.41) is 0. The van der Waals surface area contributed by atoms with Gasteiger partial charge in [0.25, 0.3) is 5.91 Å². The zero-order chi connectivity index (χ0) is 27.7. The summed E-state index contributed by atoms with van der Waals surface area (Å²) >= 11 is 0. The largest absolute Gasteiger partial charge is 0.460 e. The van der Waals surface area contributed by atoms with Crippen molar-refractivity contribution in [1.82, 2.24) is 14.9 Å². The Kier molecular flexibility index (Phi) is 7.54. The number of ether oxygens (including phenoxy) is 2. The Labute approximate surface area is 223 Å². The van der Waals surface area contributed by atoms with Crippen molar-refractivity contribution < 1.29 is 23.9 Å². The van der Waals surface area contributed by atoms with Crippen LogP contribution in [0.25, 0.3) is 11.0 Å². The quantitative estimate of drug-likeness (QED) is 0.443. The maximum Gasteiger partial charge on any atom is 0.329 e. The van der Waals surface area contributed by atoms with E-state index >= 15 is 0 Å². The second-order valence-electron chi connectivity index (χ2n) is 11.6. The molecule has 0 saturated carbocycles. The molecule has 4 rings (SSSR count). The normalized spacial score (nSPS) is 19.8. The van der Waals surface area contributed by atoms with E-state index in [-0.39, 0.29) is 18.9 Å². The number of benzene rings is 2. The molecule has 1 saturated heterocycles. The molecule has 2 aromatic carbocycles. The van der Waals surface area contributed by atoms with Crippen molar-refractivity contribution in [3.63, 3.8) is 0 Å². The number of esters is 2. The molecule has 0 unspecified atom stereocenters. The van der Waals surface area contributed by atoms with E-state index in [9.17, 15) is 14.4 Å². The van der Waals surface area contributed by atoms with Gasteiger partial charge in [0.05, 0.1) is 23.1 Å². The Morgan fingerprint density at radius 3 is 2.11 bits per heavy atom. The van der Waals surface area contributed by atoms with Crippen LogP contribution in [-0.2, 0) is 19.1 Å². The molecule has 0 bridgehead atoms. The third-order valence-electron chi connectivity index (χ3n) is 6.25. The van der Waals surface area contributed by atoms with Crippen LogP contribution in [0.4, 0.5) is 0 Å². The Bertz CT molecular complexity index is 1330. The van der Waals surface area contributed by atoms with Gasteiger partial charge in [-0.2, -0.15) is 0 Å². The number of aromatic nitrogens is 2. The van der Waals surface area contributed by atoms with E-state index in [1.165, 1.54) is 4.90 Å². The van der Waals surface area contributed by atoms with Crippen LogP contribution in [0.15, 0.2) is 60.8 Å². The molecule has 3 aromatic rings. The SMILES string of the molecule is CC(C)(C)OC(=O)C[C@H]1[C@@H](c2cnc3ccccc3n2)CN(C(=O)c2ccccc2)[C@@H]1C(=O)OC(C)(C)C. The predicted octanol–water partition coefficient (Wildman–Crippen LogP) is 4.93. The molecule has 8 heteroatoms. The van der Waals surface area contributed by atoms with Gasteiger partial charge in [-0.15, -0.1) is 0 Å². The molecule has 0 spiro atoms. The van der Waals surface area contributed by atoms with Crippen molar-refractivity contribution in [2.45, 2.75) is 71.1 Å². The van der Waals surface area contributed by atoms with Gasteiger partial charge < -0.3 is 14.4 Å². The van der Waals surface area contributed by atoms with Gasteiger partial charge >= 0.3 is 11.9 Å². The topological polar surface area (TPSA) is 98.7 Å². The van der Waals surface area contributed by atoms with Gasteiger partial charge in [0, 0.05) is 30.1 Å². The molecule has 0 radical (unpaired) electrons. The van der Waals surface area contributed by atoms with Crippen LogP contribution in [0.2, 0.25) is 0 Å². The number of carbonyl (C=O) groups excluding carboxylic acids is 3. The molecule has 8 nitrogen and oxygen atoms in total. The Balaban J connectivity index is 1.80. The summed E-state index contributed by atoms with van der Waals surface area (Å²) in [5.74, 6) is -2.39. The van der Waals surface area contributed by atoms with Gasteiger partial charge in [-0.25, -0.2) is 9.78 Å². The predicted molar refractivity (Wildman–Crippen MR) is 143 cm³/mol. The van der Waals surface area contributed by atoms with Crippen molar-refractivity contribution in [2.75, 3.05) is 6.54 Å². The number of likely N-dealkylation sites (tertiary alicyclic amines) is 1. The standard InChI is InChI=1S/C30H35N3O5/c1-29(2,3)37-25(34)16-20-21(24-17-31-22-14-10-11-15-23(22)32-24)18-33(26(20)28(36)38-30(4,5)6)27(35)19-12-8-7-9-13-19/h7-15,17,20-21,26H,16,18H2,1-6H3/t20-,21-,26-/m0/s1. The fraction of sp³-hybridized carbons (Fsp3) is 0.433. The number of carbonyl (C=O) groups is 3. The fourth-order valence-corrected chi connectivity index (χ4v) is 4.82. The molecule has 1 aliphatic rings. The van der Waals surface area contributed by atoms with Crippen LogP contribution < -0.4 is 0 Å². The maximum atomic E-state index is 13.7. The molecule has 1 amide bonds. The first-order valence-electron chi connectivity index (χ1n) is 12.8. The maximum absolute atomic E-state index is 13.7. The lowest BCUT2D eigenvalue weighted by Crippen LogP contribution is -2.46. The van der Waals surface area contributed by atoms with Gasteiger partial charge in [0.15, 0.2) is 0 Å². The summed E-state index contributed by atoms with van der Waals surface area (Å²) in [7, 11) is 0. The number of hydrogen-bond donors (Lipinski definition) is 0. The number of fused-ring (bicyclic) bond motifs is 1. The summed E-state index contributed by atoms with van der Waals surface area (Å²) < 4.78 is 11.4. The second-order valence-corrected chi connectivity index (χ2v) is 11.6. The number of para-hydroxylation sites is 2. The smallest absolute Gasteiger partial charge is 0.329 e. The van der Waals surface area contributed by atoms with Crippen LogP contribution in [-0.4, -0.2) is 56.5 Å². The van der Waals surface area contributed by atoms with Crippen molar-refractivity contribution in [1.29, 1.82) is 0 Å². The first-order valence-corrected chi connectivity index (χ1v) is 12.8. The van der Waals surface area contributed by atoms with E-state index in [0.717, 1.165) is 5.52 Å². The molecule has 0 N–H and O–H groups in total. The van der Waals surface area contributed by atoms with Crippen molar-refractivity contribution in [3.05, 3.63) is 72.1 Å². The van der Waals surface area contributed by atoms with Crippen molar-refractivity contribution >= 4 is 28.9 Å². The highest BCUT2D eigenvalue weighted by atomic mass is 16.6. The Morgan fingerprint density at radius 2 is 1.47 bits per heavy atom. The van der Waals surface area contributed by atoms with E-state index < -0.39 is 41.0 Å². The monoisotopic (exact) mass is 517 g/mol. The summed E-state index contributed by atoms with van der Waals surface area (Å²) in [6, 6.07) is 15.3. The number of hydrogen-bond acceptors (Lipinski definition) is 7. The highest BCUT2D eigenvalue weighted by Gasteiger charge is 2.51. The van der Waals surface area contributed by atoms with Crippen LogP contribution in [0.3, 0.4) is 0 Å². The third kappa shape index (κ3) is 6.36. The lowest BCUT2D eigenvalue weighted by Gasteiger charge is -2.30. The van der Waals surface area contributed by atoms with Gasteiger partial charge in [-0.1, -0.05) is 30.3 Å². The molecule has 3 atom stereocenters. The van der Waals surface area contributed by atoms with Crippen LogP contribution >= 0.6 is 0 Å². The average molecular weight is 518 g/mol. The van der Waals surface area contributed by atoms with Gasteiger partial charge in [-0.05, 0) is 65.8 Å². The van der Waals surface area contributed by atoms with Gasteiger partial charge in [-0.3, -0.25) is 14.6 Å². The lowest BCUT2D eigenvalue weighted by atomic mass is 9.85. The second kappa shape index (κ2) is 10.5. The lowest BCUT2D eigenvalue weighted by molar-refractivity contribution is -0.162. The molecule has 1 aliphatic heterocycles. The summed E-state index contributed by atoms with van der Waals surface area (Å²) in [6.45, 7) is 10.9. The first kappa shape index (κ1) is 27.2. The number of amides is 1. The first-order chi connectivity index (χ1) is 17.8. The summed E-state index contributed by atoms with van der Waals surface area (Å²) in [6.07, 6.45) is 1.58. The number of rotatable bonds is 5. The fourth-order valence-electron chi connectivity index (χ4n) is 4.82. The molecule has 2 heterocycles. The van der Waals surface area contributed by atoms with Crippen LogP contribution in [0, 0.1) is 5.92 Å². The molecular weight excluding hydrogens is 482 g/mol. The van der Waals surface area contributed by atoms with Crippen LogP contribution in [0.1, 0.15) is 69.9 Å². The average Bonchev–Trinajstić information content (AvgIpc) is 3.20.